The van der Waals surface area contributed by atoms with E-state index in [-0.39, 0.29) is 42.9 Å². The van der Waals surface area contributed by atoms with Crippen molar-refractivity contribution < 1.29 is 45.4 Å². The van der Waals surface area contributed by atoms with Crippen molar-refractivity contribution in [3.05, 3.63) is 0 Å². The van der Waals surface area contributed by atoms with Gasteiger partial charge in [0, 0.05) is 20.5 Å². The quantitative estimate of drug-likeness (QED) is 0.198. The van der Waals surface area contributed by atoms with E-state index in [1.54, 1.807) is 14.1 Å². The standard InChI is InChI=1S/C23H46N2O3.Na.H/c1-5-7-8-9-10-11-12-13-14-15-16-17-18-20-22(26)24-21(19-6-2)23(27)28-25(3)4;;/h21H,5-20H2,1-4H3,(H,24,26);;/q;+1;-1. The molecule has 0 spiro atoms. The Hall–Kier alpha value is -0.100. The van der Waals surface area contributed by atoms with Gasteiger partial charge in [-0.3, -0.25) is 4.79 Å². The van der Waals surface area contributed by atoms with E-state index in [0.29, 0.717) is 12.8 Å². The third-order valence-corrected chi connectivity index (χ3v) is 4.98. The van der Waals surface area contributed by atoms with Crippen molar-refractivity contribution in [3.63, 3.8) is 0 Å². The van der Waals surface area contributed by atoms with Crippen LogP contribution in [0.2, 0.25) is 0 Å². The minimum atomic E-state index is -0.540. The second-order valence-electron chi connectivity index (χ2n) is 8.12. The minimum absolute atomic E-state index is 0. The molecule has 0 heterocycles. The van der Waals surface area contributed by atoms with E-state index in [1.165, 1.54) is 75.7 Å². The Bertz CT molecular complexity index is 399. The molecule has 0 bridgehead atoms. The largest absolute Gasteiger partial charge is 1.00 e. The first-order chi connectivity index (χ1) is 13.5. The van der Waals surface area contributed by atoms with Crippen molar-refractivity contribution in [3.8, 4) is 0 Å². The Morgan fingerprint density at radius 1 is 0.793 bits per heavy atom. The van der Waals surface area contributed by atoms with E-state index in [2.05, 4.69) is 12.2 Å². The van der Waals surface area contributed by atoms with Gasteiger partial charge in [-0.2, -0.15) is 0 Å². The fraction of sp³-hybridized carbons (Fsp3) is 0.913. The molecule has 5 nitrogen and oxygen atoms in total. The maximum Gasteiger partial charge on any atom is 1.00 e. The average Bonchev–Trinajstić information content (AvgIpc) is 2.64. The van der Waals surface area contributed by atoms with E-state index in [0.717, 1.165) is 19.3 Å². The summed E-state index contributed by atoms with van der Waals surface area (Å²) in [6.45, 7) is 4.26. The van der Waals surface area contributed by atoms with Crippen molar-refractivity contribution in [2.24, 2.45) is 0 Å². The molecule has 0 aliphatic carbocycles. The van der Waals surface area contributed by atoms with Crippen LogP contribution in [0.25, 0.3) is 0 Å². The molecule has 1 N–H and O–H groups in total. The first-order valence-electron chi connectivity index (χ1n) is 11.7. The molecule has 0 radical (unpaired) electrons. The van der Waals surface area contributed by atoms with E-state index in [9.17, 15) is 9.59 Å². The predicted octanol–water partition coefficient (Wildman–Crippen LogP) is 2.89. The summed E-state index contributed by atoms with van der Waals surface area (Å²) >= 11 is 0. The molecule has 0 aliphatic heterocycles. The van der Waals surface area contributed by atoms with Crippen molar-refractivity contribution in [2.75, 3.05) is 14.1 Å². The van der Waals surface area contributed by atoms with Gasteiger partial charge in [0.05, 0.1) is 0 Å². The zero-order valence-electron chi connectivity index (χ0n) is 21.1. The zero-order chi connectivity index (χ0) is 21.0. The summed E-state index contributed by atoms with van der Waals surface area (Å²) in [6, 6.07) is -0.540. The monoisotopic (exact) mass is 422 g/mol. The first-order valence-corrected chi connectivity index (χ1v) is 11.7. The number of unbranched alkanes of at least 4 members (excludes halogenated alkanes) is 12. The zero-order valence-corrected chi connectivity index (χ0v) is 22.1. The van der Waals surface area contributed by atoms with Gasteiger partial charge in [0.25, 0.3) is 0 Å². The molecule has 0 saturated carbocycles. The summed E-state index contributed by atoms with van der Waals surface area (Å²) in [5.74, 6) is -0.428. The van der Waals surface area contributed by atoms with Crippen LogP contribution in [-0.4, -0.2) is 37.1 Å². The molecule has 0 aromatic carbocycles. The van der Waals surface area contributed by atoms with Crippen LogP contribution >= 0.6 is 0 Å². The number of nitrogens with one attached hydrogen (secondary N) is 1. The number of hydroxylamine groups is 2. The number of amides is 1. The third kappa shape index (κ3) is 20.9. The molecule has 1 amide bonds. The molecule has 0 rings (SSSR count). The number of hydrogen-bond donors (Lipinski definition) is 1. The average molecular weight is 423 g/mol. The van der Waals surface area contributed by atoms with Gasteiger partial charge in [0.15, 0.2) is 0 Å². The van der Waals surface area contributed by atoms with Crippen molar-refractivity contribution >= 4 is 11.9 Å². The molecular formula is C23H47N2NaO3. The summed E-state index contributed by atoms with van der Waals surface area (Å²) in [5, 5.41) is 4.19. The van der Waals surface area contributed by atoms with E-state index < -0.39 is 6.04 Å². The summed E-state index contributed by atoms with van der Waals surface area (Å²) < 4.78 is 0. The summed E-state index contributed by atoms with van der Waals surface area (Å²) in [7, 11) is 3.33. The van der Waals surface area contributed by atoms with Crippen molar-refractivity contribution in [2.45, 2.75) is 123 Å². The van der Waals surface area contributed by atoms with Crippen LogP contribution in [0.3, 0.4) is 0 Å². The summed E-state index contributed by atoms with van der Waals surface area (Å²) in [5.41, 5.74) is 0. The van der Waals surface area contributed by atoms with Gasteiger partial charge < -0.3 is 11.6 Å². The van der Waals surface area contributed by atoms with Crippen LogP contribution in [0.5, 0.6) is 0 Å². The molecule has 0 saturated heterocycles. The molecular weight excluding hydrogens is 375 g/mol. The van der Waals surface area contributed by atoms with Gasteiger partial charge in [0.2, 0.25) is 5.91 Å². The van der Waals surface area contributed by atoms with Crippen LogP contribution in [0.1, 0.15) is 118 Å². The topological polar surface area (TPSA) is 58.6 Å². The van der Waals surface area contributed by atoms with Crippen LogP contribution < -0.4 is 34.9 Å². The number of carbonyl (C=O) groups is 2. The van der Waals surface area contributed by atoms with Gasteiger partial charge in [-0.15, -0.1) is 5.06 Å². The van der Waals surface area contributed by atoms with E-state index >= 15 is 0 Å². The molecule has 168 valence electrons. The molecule has 1 atom stereocenters. The van der Waals surface area contributed by atoms with Crippen LogP contribution in [-0.2, 0) is 14.4 Å². The number of carbonyl (C=O) groups excluding carboxylic acids is 2. The van der Waals surface area contributed by atoms with E-state index in [1.807, 2.05) is 6.92 Å². The fourth-order valence-electron chi connectivity index (χ4n) is 3.35. The maximum absolute atomic E-state index is 12.1. The summed E-state index contributed by atoms with van der Waals surface area (Å²) in [6.07, 6.45) is 18.7. The molecule has 0 aliphatic rings. The molecule has 1 unspecified atom stereocenters. The maximum atomic E-state index is 12.1. The van der Waals surface area contributed by atoms with Crippen LogP contribution in [0.4, 0.5) is 0 Å². The van der Waals surface area contributed by atoms with Crippen molar-refractivity contribution in [1.82, 2.24) is 10.4 Å². The Labute approximate surface area is 203 Å². The molecule has 0 fully saturated rings. The predicted molar refractivity (Wildman–Crippen MR) is 118 cm³/mol. The second kappa shape index (κ2) is 22.6. The van der Waals surface area contributed by atoms with Crippen LogP contribution in [0.15, 0.2) is 0 Å². The summed E-state index contributed by atoms with van der Waals surface area (Å²) in [4.78, 5) is 29.1. The number of hydrogen-bond acceptors (Lipinski definition) is 4. The van der Waals surface area contributed by atoms with Gasteiger partial charge in [-0.05, 0) is 12.8 Å². The SMILES string of the molecule is CCCCCCCCCCCCCCCC(=O)NC(CCC)C(=O)ON(C)C.[H-].[Na+]. The van der Waals surface area contributed by atoms with Crippen molar-refractivity contribution in [1.29, 1.82) is 0 Å². The van der Waals surface area contributed by atoms with Gasteiger partial charge >= 0.3 is 35.5 Å². The van der Waals surface area contributed by atoms with Gasteiger partial charge in [-0.1, -0.05) is 97.3 Å². The number of nitrogens with zero attached hydrogens (tertiary/aromatic N) is 1. The minimum Gasteiger partial charge on any atom is -1.00 e. The third-order valence-electron chi connectivity index (χ3n) is 4.98. The van der Waals surface area contributed by atoms with Gasteiger partial charge in [-0.25, -0.2) is 4.79 Å². The van der Waals surface area contributed by atoms with Gasteiger partial charge in [0.1, 0.15) is 6.04 Å². The molecule has 0 aromatic rings. The van der Waals surface area contributed by atoms with Crippen LogP contribution in [0, 0.1) is 0 Å². The first kappa shape index (κ1) is 31.1. The smallest absolute Gasteiger partial charge is 1.00 e. The Balaban J connectivity index is -0.00000364. The molecule has 0 aromatic heterocycles. The Morgan fingerprint density at radius 2 is 1.24 bits per heavy atom. The Kier molecular flexibility index (Phi) is 24.2. The number of rotatable bonds is 19. The fourth-order valence-corrected chi connectivity index (χ4v) is 3.35. The van der Waals surface area contributed by atoms with E-state index in [4.69, 9.17) is 4.84 Å². The normalized spacial score (nSPS) is 11.8. The molecule has 29 heavy (non-hydrogen) atoms. The second-order valence-corrected chi connectivity index (χ2v) is 8.12. The Morgan fingerprint density at radius 3 is 1.66 bits per heavy atom. The molecule has 6 heteroatoms.